The van der Waals surface area contributed by atoms with Crippen molar-refractivity contribution in [2.24, 2.45) is 5.10 Å². The van der Waals surface area contributed by atoms with Gasteiger partial charge in [0.05, 0.1) is 38.6 Å². The minimum Gasteiger partial charge on any atom is -0.493 e. The van der Waals surface area contributed by atoms with Crippen LogP contribution in [0.4, 0.5) is 0 Å². The van der Waals surface area contributed by atoms with Crippen LogP contribution in [0.2, 0.25) is 0 Å². The van der Waals surface area contributed by atoms with Crippen LogP contribution in [-0.2, 0) is 11.3 Å². The molecule has 0 bridgehead atoms. The quantitative estimate of drug-likeness (QED) is 0.291. The summed E-state index contributed by atoms with van der Waals surface area (Å²) in [6.45, 7) is 3.76. The van der Waals surface area contributed by atoms with E-state index in [4.69, 9.17) is 14.2 Å². The Labute approximate surface area is 214 Å². The molecule has 9 nitrogen and oxygen atoms in total. The van der Waals surface area contributed by atoms with Gasteiger partial charge in [-0.15, -0.1) is 0 Å². The van der Waals surface area contributed by atoms with E-state index in [1.165, 1.54) is 27.5 Å². The fourth-order valence-electron chi connectivity index (χ4n) is 3.97. The molecule has 1 amide bonds. The van der Waals surface area contributed by atoms with E-state index < -0.39 is 5.91 Å². The lowest BCUT2D eigenvalue weighted by atomic mass is 10.0. The number of nitrogens with one attached hydrogen (secondary N) is 1. The predicted octanol–water partition coefficient (Wildman–Crippen LogP) is 3.86. The van der Waals surface area contributed by atoms with E-state index in [-0.39, 0.29) is 12.1 Å². The number of hydrazone groups is 1. The van der Waals surface area contributed by atoms with E-state index in [1.54, 1.807) is 24.3 Å². The fraction of sp³-hybridized carbons (Fsp3) is 0.214. The number of nitrogens with zero attached hydrogens (tertiary/aromatic N) is 3. The van der Waals surface area contributed by atoms with Gasteiger partial charge in [-0.1, -0.05) is 30.3 Å². The van der Waals surface area contributed by atoms with Gasteiger partial charge in [-0.2, -0.15) is 10.2 Å². The molecule has 0 aliphatic rings. The number of carbonyl (C=O) groups excluding carboxylic acids is 1. The van der Waals surface area contributed by atoms with E-state index in [9.17, 15) is 9.59 Å². The number of amides is 1. The molecule has 0 aliphatic carbocycles. The molecule has 0 saturated heterocycles. The Morgan fingerprint density at radius 1 is 0.946 bits per heavy atom. The van der Waals surface area contributed by atoms with Crippen molar-refractivity contribution in [3.63, 3.8) is 0 Å². The van der Waals surface area contributed by atoms with Crippen molar-refractivity contribution in [2.75, 3.05) is 21.3 Å². The Morgan fingerprint density at radius 3 is 2.24 bits per heavy atom. The van der Waals surface area contributed by atoms with E-state index in [2.05, 4.69) is 15.6 Å². The number of aromatic nitrogens is 2. The predicted molar refractivity (Wildman–Crippen MR) is 143 cm³/mol. The summed E-state index contributed by atoms with van der Waals surface area (Å²) in [5.41, 5.74) is 6.49. The van der Waals surface area contributed by atoms with Crippen LogP contribution >= 0.6 is 0 Å². The molecule has 1 heterocycles. The molecule has 0 aliphatic heterocycles. The number of carbonyl (C=O) groups is 1. The molecule has 1 aromatic heterocycles. The monoisotopic (exact) mass is 500 g/mol. The molecule has 3 aromatic carbocycles. The summed E-state index contributed by atoms with van der Waals surface area (Å²) in [7, 11) is 4.55. The van der Waals surface area contributed by atoms with Crippen LogP contribution in [0.15, 0.2) is 64.5 Å². The van der Waals surface area contributed by atoms with E-state index in [1.807, 2.05) is 44.2 Å². The zero-order valence-corrected chi connectivity index (χ0v) is 21.4. The summed E-state index contributed by atoms with van der Waals surface area (Å²) >= 11 is 0. The van der Waals surface area contributed by atoms with E-state index in [0.717, 1.165) is 26.8 Å². The maximum atomic E-state index is 13.1. The highest BCUT2D eigenvalue weighted by molar-refractivity contribution is 5.94. The van der Waals surface area contributed by atoms with Crippen molar-refractivity contribution in [2.45, 2.75) is 20.4 Å². The first kappa shape index (κ1) is 25.4. The Bertz CT molecular complexity index is 1530. The van der Waals surface area contributed by atoms with Crippen LogP contribution in [0.3, 0.4) is 0 Å². The summed E-state index contributed by atoms with van der Waals surface area (Å²) in [5.74, 6) is 0.868. The third-order valence-corrected chi connectivity index (χ3v) is 6.03. The van der Waals surface area contributed by atoms with E-state index in [0.29, 0.717) is 33.9 Å². The molecule has 0 fully saturated rings. The number of rotatable bonds is 8. The smallest absolute Gasteiger partial charge is 0.275 e. The zero-order valence-electron chi connectivity index (χ0n) is 21.4. The lowest BCUT2D eigenvalue weighted by Gasteiger charge is -2.13. The molecular formula is C28H28N4O5. The number of hydrogen-bond donors (Lipinski definition) is 1. The minimum atomic E-state index is -0.500. The van der Waals surface area contributed by atoms with Gasteiger partial charge in [0.2, 0.25) is 5.75 Å². The van der Waals surface area contributed by atoms with Crippen molar-refractivity contribution < 1.29 is 19.0 Å². The lowest BCUT2D eigenvalue weighted by molar-refractivity contribution is -0.121. The molecule has 4 rings (SSSR count). The first-order valence-electron chi connectivity index (χ1n) is 11.6. The third-order valence-electron chi connectivity index (χ3n) is 6.03. The van der Waals surface area contributed by atoms with Gasteiger partial charge in [0.15, 0.2) is 11.5 Å². The Kier molecular flexibility index (Phi) is 7.52. The van der Waals surface area contributed by atoms with Crippen molar-refractivity contribution in [3.05, 3.63) is 81.6 Å². The molecule has 0 atom stereocenters. The Hall–Kier alpha value is -4.66. The fourth-order valence-corrected chi connectivity index (χ4v) is 3.97. The first-order chi connectivity index (χ1) is 17.9. The average Bonchev–Trinajstić information content (AvgIpc) is 2.91. The highest BCUT2D eigenvalue weighted by Crippen LogP contribution is 2.37. The lowest BCUT2D eigenvalue weighted by Crippen LogP contribution is -2.32. The largest absolute Gasteiger partial charge is 0.493 e. The zero-order chi connectivity index (χ0) is 26.5. The van der Waals surface area contributed by atoms with Gasteiger partial charge in [-0.25, -0.2) is 10.1 Å². The topological polar surface area (TPSA) is 104 Å². The number of benzene rings is 3. The number of aryl methyl sites for hydroxylation is 2. The second kappa shape index (κ2) is 10.9. The van der Waals surface area contributed by atoms with Crippen LogP contribution in [0.5, 0.6) is 17.2 Å². The van der Waals surface area contributed by atoms with Gasteiger partial charge in [0.1, 0.15) is 6.54 Å². The van der Waals surface area contributed by atoms with Gasteiger partial charge in [-0.05, 0) is 49.2 Å². The maximum absolute atomic E-state index is 13.1. The summed E-state index contributed by atoms with van der Waals surface area (Å²) in [5, 5.41) is 9.79. The maximum Gasteiger partial charge on any atom is 0.275 e. The van der Waals surface area contributed by atoms with Crippen LogP contribution in [-0.4, -0.2) is 43.2 Å². The number of fused-ring (bicyclic) bond motifs is 1. The molecule has 37 heavy (non-hydrogen) atoms. The molecule has 0 unspecified atom stereocenters. The molecule has 190 valence electrons. The molecular weight excluding hydrogens is 472 g/mol. The molecule has 0 saturated carbocycles. The van der Waals surface area contributed by atoms with Crippen molar-refractivity contribution in [1.29, 1.82) is 0 Å². The van der Waals surface area contributed by atoms with Gasteiger partial charge < -0.3 is 14.2 Å². The van der Waals surface area contributed by atoms with Gasteiger partial charge in [-0.3, -0.25) is 9.59 Å². The number of hydrogen-bond acceptors (Lipinski definition) is 7. The minimum absolute atomic E-state index is 0.298. The van der Waals surface area contributed by atoms with Crippen LogP contribution in [0.25, 0.3) is 22.0 Å². The molecule has 0 radical (unpaired) electrons. The highest BCUT2D eigenvalue weighted by atomic mass is 16.5. The standard InChI is InChI=1S/C28H28N4O5/c1-17-10-11-20(12-18(17)2)26-21-8-6-7-9-22(21)28(34)32(31-26)16-25(33)30-29-15-19-13-23(35-3)27(37-5)24(14-19)36-4/h6-15H,16H2,1-5H3,(H,30,33)/b29-15+. The normalized spacial score (nSPS) is 11.1. The third kappa shape index (κ3) is 5.30. The summed E-state index contributed by atoms with van der Waals surface area (Å²) < 4.78 is 17.1. The Balaban J connectivity index is 1.61. The molecule has 4 aromatic rings. The number of methoxy groups -OCH3 is 3. The summed E-state index contributed by atoms with van der Waals surface area (Å²) in [6.07, 6.45) is 1.44. The van der Waals surface area contributed by atoms with Crippen molar-refractivity contribution >= 4 is 22.9 Å². The van der Waals surface area contributed by atoms with Crippen LogP contribution in [0.1, 0.15) is 16.7 Å². The summed E-state index contributed by atoms with van der Waals surface area (Å²) in [6, 6.07) is 16.7. The molecule has 9 heteroatoms. The van der Waals surface area contributed by atoms with Crippen LogP contribution < -0.4 is 25.2 Å². The van der Waals surface area contributed by atoms with Crippen molar-refractivity contribution in [3.8, 4) is 28.5 Å². The SMILES string of the molecule is COc1cc(/C=N/NC(=O)Cn2nc(-c3ccc(C)c(C)c3)c3ccccc3c2=O)cc(OC)c1OC. The van der Waals surface area contributed by atoms with Gasteiger partial charge >= 0.3 is 0 Å². The molecule has 1 N–H and O–H groups in total. The first-order valence-corrected chi connectivity index (χ1v) is 11.6. The van der Waals surface area contributed by atoms with Gasteiger partial charge in [0.25, 0.3) is 11.5 Å². The van der Waals surface area contributed by atoms with E-state index >= 15 is 0 Å². The second-order valence-corrected chi connectivity index (χ2v) is 8.41. The average molecular weight is 501 g/mol. The number of ether oxygens (including phenoxy) is 3. The summed E-state index contributed by atoms with van der Waals surface area (Å²) in [4.78, 5) is 25.8. The highest BCUT2D eigenvalue weighted by Gasteiger charge is 2.15. The second-order valence-electron chi connectivity index (χ2n) is 8.41. The molecule has 0 spiro atoms. The Morgan fingerprint density at radius 2 is 1.62 bits per heavy atom. The van der Waals surface area contributed by atoms with Crippen molar-refractivity contribution in [1.82, 2.24) is 15.2 Å². The van der Waals surface area contributed by atoms with Gasteiger partial charge in [0, 0.05) is 16.5 Å². The van der Waals surface area contributed by atoms with Crippen LogP contribution in [0, 0.1) is 13.8 Å².